The monoisotopic (exact) mass is 788 g/mol. The number of carbonyl (C=O) groups excluding carboxylic acids is 1. The molecule has 56 heavy (non-hydrogen) atoms. The van der Waals surface area contributed by atoms with Gasteiger partial charge in [0.15, 0.2) is 0 Å². The highest BCUT2D eigenvalue weighted by atomic mass is 16.3. The molecule has 0 aliphatic heterocycles. The Morgan fingerprint density at radius 2 is 0.732 bits per heavy atom. The van der Waals surface area contributed by atoms with Gasteiger partial charge in [0, 0.05) is 6.42 Å². The van der Waals surface area contributed by atoms with Gasteiger partial charge in [0.25, 0.3) is 0 Å². The van der Waals surface area contributed by atoms with E-state index in [-0.39, 0.29) is 12.5 Å². The Bertz CT molecular complexity index is 810. The molecule has 0 spiro atoms. The van der Waals surface area contributed by atoms with E-state index in [4.69, 9.17) is 0 Å². The van der Waals surface area contributed by atoms with Crippen LogP contribution in [0.3, 0.4) is 0 Å². The maximum Gasteiger partial charge on any atom is 0.220 e. The summed E-state index contributed by atoms with van der Waals surface area (Å²) < 4.78 is 0. The number of aliphatic hydroxyl groups excluding tert-OH is 2. The summed E-state index contributed by atoms with van der Waals surface area (Å²) in [4.78, 5) is 12.4. The van der Waals surface area contributed by atoms with E-state index in [1.54, 1.807) is 0 Å². The third-order valence-corrected chi connectivity index (χ3v) is 12.0. The Morgan fingerprint density at radius 3 is 1.07 bits per heavy atom. The molecule has 2 atom stereocenters. The number of unbranched alkanes of at least 4 members (excludes halogenated alkanes) is 36. The molecule has 0 aromatic heterocycles. The maximum absolute atomic E-state index is 12.4. The summed E-state index contributed by atoms with van der Waals surface area (Å²) in [6.45, 7) is 4.36. The molecule has 0 aromatic carbocycles. The topological polar surface area (TPSA) is 69.6 Å². The minimum absolute atomic E-state index is 0.0290. The van der Waals surface area contributed by atoms with Crippen LogP contribution in [0.1, 0.15) is 284 Å². The molecule has 0 radical (unpaired) electrons. The molecule has 4 nitrogen and oxygen atoms in total. The van der Waals surface area contributed by atoms with Crippen LogP contribution in [0.2, 0.25) is 0 Å². The van der Waals surface area contributed by atoms with Crippen LogP contribution >= 0.6 is 0 Å². The van der Waals surface area contributed by atoms with Gasteiger partial charge in [-0.05, 0) is 44.9 Å². The van der Waals surface area contributed by atoms with Crippen LogP contribution in [0.5, 0.6) is 0 Å². The van der Waals surface area contributed by atoms with Crippen molar-refractivity contribution in [1.82, 2.24) is 5.32 Å². The lowest BCUT2D eigenvalue weighted by Crippen LogP contribution is -2.45. The largest absolute Gasteiger partial charge is 0.394 e. The summed E-state index contributed by atoms with van der Waals surface area (Å²) in [6.07, 6.45) is 63.0. The van der Waals surface area contributed by atoms with Crippen molar-refractivity contribution in [3.63, 3.8) is 0 Å². The number of allylic oxidation sites excluding steroid dienone is 4. The van der Waals surface area contributed by atoms with E-state index in [0.29, 0.717) is 12.8 Å². The van der Waals surface area contributed by atoms with Gasteiger partial charge in [-0.2, -0.15) is 0 Å². The highest BCUT2D eigenvalue weighted by Gasteiger charge is 2.20. The molecule has 0 fully saturated rings. The van der Waals surface area contributed by atoms with Crippen LogP contribution in [0.15, 0.2) is 24.3 Å². The average Bonchev–Trinajstić information content (AvgIpc) is 3.20. The second-order valence-corrected chi connectivity index (χ2v) is 17.6. The molecule has 0 rings (SSSR count). The van der Waals surface area contributed by atoms with Crippen LogP contribution < -0.4 is 5.32 Å². The SMILES string of the molecule is CCCCCCCCCCC/C=C\C/C=C\CCCCCCCCCCCCCCCCCCCC(=O)NC(CO)C(O)CCCCCCCCCCCCC. The predicted molar refractivity (Wildman–Crippen MR) is 249 cm³/mol. The highest BCUT2D eigenvalue weighted by molar-refractivity contribution is 5.76. The highest BCUT2D eigenvalue weighted by Crippen LogP contribution is 2.17. The smallest absolute Gasteiger partial charge is 0.220 e. The van der Waals surface area contributed by atoms with Crippen molar-refractivity contribution in [2.45, 2.75) is 296 Å². The van der Waals surface area contributed by atoms with E-state index in [1.165, 1.54) is 225 Å². The van der Waals surface area contributed by atoms with E-state index in [1.807, 2.05) is 0 Å². The van der Waals surface area contributed by atoms with Crippen molar-refractivity contribution in [3.05, 3.63) is 24.3 Å². The minimum atomic E-state index is -0.655. The van der Waals surface area contributed by atoms with Crippen LogP contribution in [0, 0.1) is 0 Å². The van der Waals surface area contributed by atoms with Gasteiger partial charge in [-0.1, -0.05) is 256 Å². The van der Waals surface area contributed by atoms with Crippen molar-refractivity contribution in [3.8, 4) is 0 Å². The number of rotatable bonds is 47. The normalized spacial score (nSPS) is 13.0. The molecule has 0 saturated carbocycles. The Balaban J connectivity index is 3.40. The van der Waals surface area contributed by atoms with E-state index < -0.39 is 12.1 Å². The predicted octanol–water partition coefficient (Wildman–Crippen LogP) is 16.4. The number of hydrogen-bond acceptors (Lipinski definition) is 3. The number of carbonyl (C=O) groups is 1. The molecule has 0 aromatic rings. The van der Waals surface area contributed by atoms with Gasteiger partial charge in [-0.15, -0.1) is 0 Å². The van der Waals surface area contributed by atoms with Crippen LogP contribution in [0.25, 0.3) is 0 Å². The molecule has 0 aliphatic carbocycles. The molecule has 0 bridgehead atoms. The fourth-order valence-corrected chi connectivity index (χ4v) is 8.04. The van der Waals surface area contributed by atoms with E-state index in [9.17, 15) is 15.0 Å². The summed E-state index contributed by atoms with van der Waals surface area (Å²) in [7, 11) is 0. The van der Waals surface area contributed by atoms with Crippen molar-refractivity contribution in [1.29, 1.82) is 0 Å². The van der Waals surface area contributed by atoms with Gasteiger partial charge < -0.3 is 15.5 Å². The standard InChI is InChI=1S/C52H101NO3/c1-3-5-7-9-11-13-15-16-17-18-19-20-21-22-23-24-25-26-27-28-29-30-31-32-33-34-35-36-38-40-42-44-46-48-52(56)53-50(49-54)51(55)47-45-43-41-39-37-14-12-10-8-6-4-2/h19-20,22-23,50-51,54-55H,3-18,21,24-49H2,1-2H3,(H,53,56)/b20-19-,23-22-. The Hall–Kier alpha value is -1.13. The van der Waals surface area contributed by atoms with Crippen LogP contribution in [-0.4, -0.2) is 34.9 Å². The molecular formula is C52H101NO3. The number of hydrogen-bond donors (Lipinski definition) is 3. The minimum Gasteiger partial charge on any atom is -0.394 e. The van der Waals surface area contributed by atoms with E-state index >= 15 is 0 Å². The van der Waals surface area contributed by atoms with Crippen molar-refractivity contribution in [2.24, 2.45) is 0 Å². The first-order valence-electron chi connectivity index (χ1n) is 25.5. The van der Waals surface area contributed by atoms with Crippen molar-refractivity contribution in [2.75, 3.05) is 6.61 Å². The lowest BCUT2D eigenvalue weighted by atomic mass is 10.0. The van der Waals surface area contributed by atoms with Crippen molar-refractivity contribution >= 4 is 5.91 Å². The molecule has 1 amide bonds. The molecular weight excluding hydrogens is 687 g/mol. The average molecular weight is 788 g/mol. The zero-order chi connectivity index (χ0) is 40.7. The first kappa shape index (κ1) is 54.9. The number of aliphatic hydroxyl groups is 2. The molecule has 2 unspecified atom stereocenters. The zero-order valence-corrected chi connectivity index (χ0v) is 38.2. The second-order valence-electron chi connectivity index (χ2n) is 17.6. The Morgan fingerprint density at radius 1 is 0.429 bits per heavy atom. The third kappa shape index (κ3) is 44.0. The fraction of sp³-hybridized carbons (Fsp3) is 0.904. The number of nitrogens with one attached hydrogen (secondary N) is 1. The van der Waals surface area contributed by atoms with Crippen LogP contribution in [-0.2, 0) is 4.79 Å². The summed E-state index contributed by atoms with van der Waals surface area (Å²) in [6, 6.07) is -0.532. The summed E-state index contributed by atoms with van der Waals surface area (Å²) in [5.74, 6) is -0.0290. The number of amides is 1. The first-order valence-corrected chi connectivity index (χ1v) is 25.5. The Kier molecular flexibility index (Phi) is 47.3. The second kappa shape index (κ2) is 48.2. The molecule has 0 saturated heterocycles. The lowest BCUT2D eigenvalue weighted by Gasteiger charge is -2.22. The van der Waals surface area contributed by atoms with Gasteiger partial charge in [0.2, 0.25) is 5.91 Å². The summed E-state index contributed by atoms with van der Waals surface area (Å²) >= 11 is 0. The molecule has 0 heterocycles. The van der Waals surface area contributed by atoms with E-state index in [0.717, 1.165) is 32.1 Å². The lowest BCUT2D eigenvalue weighted by molar-refractivity contribution is -0.123. The third-order valence-electron chi connectivity index (χ3n) is 12.0. The summed E-state index contributed by atoms with van der Waals surface area (Å²) in [5, 5.41) is 23.1. The molecule has 4 heteroatoms. The van der Waals surface area contributed by atoms with Gasteiger partial charge in [0.1, 0.15) is 0 Å². The van der Waals surface area contributed by atoms with Crippen molar-refractivity contribution < 1.29 is 15.0 Å². The molecule has 0 aliphatic rings. The fourth-order valence-electron chi connectivity index (χ4n) is 8.04. The van der Waals surface area contributed by atoms with Gasteiger partial charge in [0.05, 0.1) is 18.8 Å². The molecule has 3 N–H and O–H groups in total. The maximum atomic E-state index is 12.4. The quantitative estimate of drug-likeness (QED) is 0.0425. The summed E-state index contributed by atoms with van der Waals surface area (Å²) in [5.41, 5.74) is 0. The van der Waals surface area contributed by atoms with Gasteiger partial charge in [-0.25, -0.2) is 0 Å². The van der Waals surface area contributed by atoms with Gasteiger partial charge in [-0.3, -0.25) is 4.79 Å². The first-order chi connectivity index (χ1) is 27.7. The van der Waals surface area contributed by atoms with E-state index in [2.05, 4.69) is 43.5 Å². The van der Waals surface area contributed by atoms with Crippen LogP contribution in [0.4, 0.5) is 0 Å². The molecule has 332 valence electrons. The van der Waals surface area contributed by atoms with Gasteiger partial charge >= 0.3 is 0 Å². The zero-order valence-electron chi connectivity index (χ0n) is 38.2. The Labute approximate surface area is 351 Å².